The zero-order chi connectivity index (χ0) is 20.1. The van der Waals surface area contributed by atoms with Gasteiger partial charge in [0.25, 0.3) is 0 Å². The van der Waals surface area contributed by atoms with Gasteiger partial charge in [0, 0.05) is 19.5 Å². The summed E-state index contributed by atoms with van der Waals surface area (Å²) in [5.74, 6) is 0.428. The lowest BCUT2D eigenvalue weighted by atomic mass is 9.93. The van der Waals surface area contributed by atoms with Gasteiger partial charge in [-0.3, -0.25) is 4.79 Å². The molecule has 0 aliphatic carbocycles. The molecule has 0 spiro atoms. The monoisotopic (exact) mass is 390 g/mol. The summed E-state index contributed by atoms with van der Waals surface area (Å²) in [4.78, 5) is 15.6. The Hall–Kier alpha value is -3.05. The number of ether oxygens (including phenoxy) is 1. The fraction of sp³-hybridized carbons (Fsp3) is 0.292. The first-order valence-electron chi connectivity index (χ1n) is 10.0. The first-order valence-corrected chi connectivity index (χ1v) is 10.0. The maximum absolute atomic E-state index is 13.4. The van der Waals surface area contributed by atoms with E-state index in [4.69, 9.17) is 9.15 Å². The third-order valence-electron chi connectivity index (χ3n) is 5.30. The van der Waals surface area contributed by atoms with E-state index in [1.165, 1.54) is 5.56 Å². The van der Waals surface area contributed by atoms with Crippen LogP contribution in [0.1, 0.15) is 22.8 Å². The maximum atomic E-state index is 13.4. The first-order chi connectivity index (χ1) is 14.2. The molecule has 1 unspecified atom stereocenters. The van der Waals surface area contributed by atoms with Gasteiger partial charge < -0.3 is 19.4 Å². The van der Waals surface area contributed by atoms with Crippen molar-refractivity contribution in [3.05, 3.63) is 83.8 Å². The summed E-state index contributed by atoms with van der Waals surface area (Å²) in [5.41, 5.74) is 4.01. The number of rotatable bonds is 6. The standard InChI is InChI=1S/C24H26N2O3/c1-18-8-10-19(11-9-18)21(17-20-5-4-14-29-20)24(27)25-22-6-2-3-7-23(22)26-12-15-28-16-13-26/h2-11,14,21H,12-13,15-17H2,1H3,(H,25,27). The number of amides is 1. The van der Waals surface area contributed by atoms with Gasteiger partial charge in [-0.15, -0.1) is 0 Å². The van der Waals surface area contributed by atoms with Gasteiger partial charge >= 0.3 is 0 Å². The Balaban J connectivity index is 1.59. The molecule has 5 heteroatoms. The van der Waals surface area contributed by atoms with Crippen LogP contribution in [-0.2, 0) is 16.0 Å². The van der Waals surface area contributed by atoms with E-state index >= 15 is 0 Å². The van der Waals surface area contributed by atoms with Crippen molar-refractivity contribution < 1.29 is 13.9 Å². The van der Waals surface area contributed by atoms with E-state index in [1.54, 1.807) is 6.26 Å². The van der Waals surface area contributed by atoms with Crippen molar-refractivity contribution in [1.29, 1.82) is 0 Å². The second kappa shape index (κ2) is 8.97. The second-order valence-electron chi connectivity index (χ2n) is 7.35. The maximum Gasteiger partial charge on any atom is 0.232 e. The van der Waals surface area contributed by atoms with Gasteiger partial charge in [0.05, 0.1) is 36.8 Å². The van der Waals surface area contributed by atoms with Crippen LogP contribution >= 0.6 is 0 Å². The minimum absolute atomic E-state index is 0.0361. The van der Waals surface area contributed by atoms with E-state index in [2.05, 4.69) is 10.2 Å². The number of carbonyl (C=O) groups excluding carboxylic acids is 1. The summed E-state index contributed by atoms with van der Waals surface area (Å²) in [7, 11) is 0. The summed E-state index contributed by atoms with van der Waals surface area (Å²) >= 11 is 0. The number of aryl methyl sites for hydroxylation is 1. The summed E-state index contributed by atoms with van der Waals surface area (Å²) in [6.07, 6.45) is 2.16. The molecule has 2 aromatic carbocycles. The summed E-state index contributed by atoms with van der Waals surface area (Å²) in [6.45, 7) is 5.09. The van der Waals surface area contributed by atoms with Crippen LogP contribution < -0.4 is 10.2 Å². The number of carbonyl (C=O) groups is 1. The minimum Gasteiger partial charge on any atom is -0.469 e. The molecule has 150 valence electrons. The Bertz CT molecular complexity index is 929. The first kappa shape index (κ1) is 19.3. The van der Waals surface area contributed by atoms with Gasteiger partial charge in [-0.25, -0.2) is 0 Å². The highest BCUT2D eigenvalue weighted by Crippen LogP contribution is 2.29. The van der Waals surface area contributed by atoms with Crippen molar-refractivity contribution in [3.8, 4) is 0 Å². The van der Waals surface area contributed by atoms with E-state index in [-0.39, 0.29) is 11.8 Å². The van der Waals surface area contributed by atoms with Crippen LogP contribution in [0.3, 0.4) is 0 Å². The number of hydrogen-bond donors (Lipinski definition) is 1. The molecule has 5 nitrogen and oxygen atoms in total. The lowest BCUT2D eigenvalue weighted by Crippen LogP contribution is -2.37. The molecule has 0 saturated carbocycles. The smallest absolute Gasteiger partial charge is 0.232 e. The lowest BCUT2D eigenvalue weighted by Gasteiger charge is -2.30. The molecule has 1 amide bonds. The minimum atomic E-state index is -0.334. The Labute approximate surface area is 171 Å². The van der Waals surface area contributed by atoms with Gasteiger partial charge in [0.2, 0.25) is 5.91 Å². The lowest BCUT2D eigenvalue weighted by molar-refractivity contribution is -0.117. The van der Waals surface area contributed by atoms with Crippen molar-refractivity contribution in [1.82, 2.24) is 0 Å². The molecule has 3 aromatic rings. The highest BCUT2D eigenvalue weighted by atomic mass is 16.5. The van der Waals surface area contributed by atoms with E-state index in [9.17, 15) is 4.79 Å². The number of nitrogens with zero attached hydrogens (tertiary/aromatic N) is 1. The number of nitrogens with one attached hydrogen (secondary N) is 1. The van der Waals surface area contributed by atoms with Crippen molar-refractivity contribution in [3.63, 3.8) is 0 Å². The molecule has 4 rings (SSSR count). The van der Waals surface area contributed by atoms with Crippen LogP contribution in [0.15, 0.2) is 71.3 Å². The second-order valence-corrected chi connectivity index (χ2v) is 7.35. The number of anilines is 2. The van der Waals surface area contributed by atoms with Crippen molar-refractivity contribution in [2.75, 3.05) is 36.5 Å². The summed E-state index contributed by atoms with van der Waals surface area (Å²) in [6, 6.07) is 19.9. The molecule has 1 aliphatic rings. The van der Waals surface area contributed by atoms with Crippen LogP contribution in [-0.4, -0.2) is 32.2 Å². The van der Waals surface area contributed by atoms with Crippen LogP contribution in [0.4, 0.5) is 11.4 Å². The predicted molar refractivity (Wildman–Crippen MR) is 114 cm³/mol. The predicted octanol–water partition coefficient (Wildman–Crippen LogP) is 4.39. The van der Waals surface area contributed by atoms with E-state index in [0.717, 1.165) is 35.8 Å². The molecule has 1 fully saturated rings. The molecular formula is C24H26N2O3. The molecular weight excluding hydrogens is 364 g/mol. The van der Waals surface area contributed by atoms with Gasteiger partial charge in [0.15, 0.2) is 0 Å². The van der Waals surface area contributed by atoms with Crippen molar-refractivity contribution >= 4 is 17.3 Å². The fourth-order valence-corrected chi connectivity index (χ4v) is 3.67. The van der Waals surface area contributed by atoms with Gasteiger partial charge in [0.1, 0.15) is 5.76 Å². The van der Waals surface area contributed by atoms with Crippen molar-refractivity contribution in [2.24, 2.45) is 0 Å². The van der Waals surface area contributed by atoms with Crippen LogP contribution in [0.25, 0.3) is 0 Å². The number of furan rings is 1. The number of para-hydroxylation sites is 2. The third kappa shape index (κ3) is 4.69. The molecule has 2 heterocycles. The number of morpholine rings is 1. The van der Waals surface area contributed by atoms with Crippen molar-refractivity contribution in [2.45, 2.75) is 19.3 Å². The molecule has 29 heavy (non-hydrogen) atoms. The molecule has 1 saturated heterocycles. The average Bonchev–Trinajstić information content (AvgIpc) is 3.27. The van der Waals surface area contributed by atoms with E-state index in [1.807, 2.05) is 67.6 Å². The van der Waals surface area contributed by atoms with Gasteiger partial charge in [-0.1, -0.05) is 42.0 Å². The van der Waals surface area contributed by atoms with Gasteiger partial charge in [-0.05, 0) is 36.8 Å². The Morgan fingerprint density at radius 1 is 1.03 bits per heavy atom. The van der Waals surface area contributed by atoms with Crippen LogP contribution in [0, 0.1) is 6.92 Å². The number of hydrogen-bond acceptors (Lipinski definition) is 4. The largest absolute Gasteiger partial charge is 0.469 e. The van der Waals surface area contributed by atoms with Crippen LogP contribution in [0.5, 0.6) is 0 Å². The highest BCUT2D eigenvalue weighted by Gasteiger charge is 2.24. The summed E-state index contributed by atoms with van der Waals surface area (Å²) < 4.78 is 11.0. The molecule has 1 aromatic heterocycles. The van der Waals surface area contributed by atoms with Crippen LogP contribution in [0.2, 0.25) is 0 Å². The Morgan fingerprint density at radius 2 is 1.79 bits per heavy atom. The quantitative estimate of drug-likeness (QED) is 0.678. The van der Waals surface area contributed by atoms with E-state index in [0.29, 0.717) is 19.6 Å². The molecule has 0 bridgehead atoms. The topological polar surface area (TPSA) is 54.7 Å². The zero-order valence-electron chi connectivity index (χ0n) is 16.6. The third-order valence-corrected chi connectivity index (χ3v) is 5.30. The fourth-order valence-electron chi connectivity index (χ4n) is 3.67. The number of benzene rings is 2. The molecule has 0 radical (unpaired) electrons. The SMILES string of the molecule is Cc1ccc(C(Cc2ccco2)C(=O)Nc2ccccc2N2CCOCC2)cc1. The Kier molecular flexibility index (Phi) is 5.96. The Morgan fingerprint density at radius 3 is 2.52 bits per heavy atom. The summed E-state index contributed by atoms with van der Waals surface area (Å²) in [5, 5.41) is 3.17. The van der Waals surface area contributed by atoms with Gasteiger partial charge in [-0.2, -0.15) is 0 Å². The van der Waals surface area contributed by atoms with E-state index < -0.39 is 0 Å². The zero-order valence-corrected chi connectivity index (χ0v) is 16.6. The molecule has 1 atom stereocenters. The average molecular weight is 390 g/mol. The molecule has 1 N–H and O–H groups in total. The normalized spacial score (nSPS) is 15.1. The molecule has 1 aliphatic heterocycles. The highest BCUT2D eigenvalue weighted by molar-refractivity contribution is 5.98.